The summed E-state index contributed by atoms with van der Waals surface area (Å²) in [6.07, 6.45) is 0.911. The van der Waals surface area contributed by atoms with Crippen molar-refractivity contribution in [2.45, 2.75) is 26.8 Å². The fourth-order valence-corrected chi connectivity index (χ4v) is 2.13. The molecule has 20 heavy (non-hydrogen) atoms. The van der Waals surface area contributed by atoms with Gasteiger partial charge in [-0.05, 0) is 30.0 Å². The van der Waals surface area contributed by atoms with E-state index in [1.807, 2.05) is 42.5 Å². The molecule has 0 saturated carbocycles. The van der Waals surface area contributed by atoms with Gasteiger partial charge in [-0.25, -0.2) is 0 Å². The molecule has 0 aliphatic carbocycles. The Morgan fingerprint density at radius 3 is 2.45 bits per heavy atom. The number of benzene rings is 1. The first-order valence-corrected chi connectivity index (χ1v) is 6.83. The van der Waals surface area contributed by atoms with Crippen molar-refractivity contribution in [3.8, 4) is 17.3 Å². The molecule has 2 aromatic rings. The molecule has 2 rings (SSSR count). The molecule has 1 aromatic heterocycles. The summed E-state index contributed by atoms with van der Waals surface area (Å²) in [6, 6.07) is 15.2. The van der Waals surface area contributed by atoms with Gasteiger partial charge in [-0.2, -0.15) is 5.26 Å². The SMILES string of the molecule is CC(C)CCn1c(-c2ccccc2)ccc(C#N)c1=O. The fourth-order valence-electron chi connectivity index (χ4n) is 2.13. The van der Waals surface area contributed by atoms with Crippen molar-refractivity contribution in [2.24, 2.45) is 5.92 Å². The molecule has 0 radical (unpaired) electrons. The maximum atomic E-state index is 12.3. The average Bonchev–Trinajstić information content (AvgIpc) is 2.46. The Balaban J connectivity index is 2.54. The number of hydrogen-bond acceptors (Lipinski definition) is 2. The second-order valence-corrected chi connectivity index (χ2v) is 5.25. The molecule has 0 N–H and O–H groups in total. The van der Waals surface area contributed by atoms with E-state index in [1.165, 1.54) is 0 Å². The first kappa shape index (κ1) is 14.1. The van der Waals surface area contributed by atoms with Crippen LogP contribution in [0, 0.1) is 17.2 Å². The van der Waals surface area contributed by atoms with E-state index in [4.69, 9.17) is 5.26 Å². The third-order valence-corrected chi connectivity index (χ3v) is 3.29. The molecule has 0 fully saturated rings. The molecular weight excluding hydrogens is 248 g/mol. The van der Waals surface area contributed by atoms with E-state index in [-0.39, 0.29) is 11.1 Å². The van der Waals surface area contributed by atoms with Crippen LogP contribution >= 0.6 is 0 Å². The van der Waals surface area contributed by atoms with E-state index in [9.17, 15) is 4.79 Å². The quantitative estimate of drug-likeness (QED) is 0.851. The van der Waals surface area contributed by atoms with Gasteiger partial charge in [-0.1, -0.05) is 44.2 Å². The monoisotopic (exact) mass is 266 g/mol. The van der Waals surface area contributed by atoms with Crippen LogP contribution in [0.1, 0.15) is 25.8 Å². The Morgan fingerprint density at radius 2 is 1.85 bits per heavy atom. The van der Waals surface area contributed by atoms with Gasteiger partial charge in [0.25, 0.3) is 5.56 Å². The Hall–Kier alpha value is -2.34. The molecular formula is C17H18N2O. The second-order valence-electron chi connectivity index (χ2n) is 5.25. The van der Waals surface area contributed by atoms with E-state index >= 15 is 0 Å². The molecule has 0 spiro atoms. The third-order valence-electron chi connectivity index (χ3n) is 3.29. The summed E-state index contributed by atoms with van der Waals surface area (Å²) in [6.45, 7) is 4.89. The van der Waals surface area contributed by atoms with Crippen molar-refractivity contribution in [2.75, 3.05) is 0 Å². The Kier molecular flexibility index (Phi) is 4.37. The second kappa shape index (κ2) is 6.21. The van der Waals surface area contributed by atoms with Crippen LogP contribution < -0.4 is 5.56 Å². The number of nitrogens with zero attached hydrogens (tertiary/aromatic N) is 2. The summed E-state index contributed by atoms with van der Waals surface area (Å²) in [7, 11) is 0. The zero-order valence-electron chi connectivity index (χ0n) is 11.8. The Morgan fingerprint density at radius 1 is 1.15 bits per heavy atom. The lowest BCUT2D eigenvalue weighted by Crippen LogP contribution is -2.24. The van der Waals surface area contributed by atoms with Crippen molar-refractivity contribution in [3.63, 3.8) is 0 Å². The van der Waals surface area contributed by atoms with Crippen LogP contribution in [0.3, 0.4) is 0 Å². The zero-order chi connectivity index (χ0) is 14.5. The maximum absolute atomic E-state index is 12.3. The Labute approximate surface area is 119 Å². The largest absolute Gasteiger partial charge is 0.307 e. The van der Waals surface area contributed by atoms with Crippen molar-refractivity contribution in [3.05, 3.63) is 58.4 Å². The van der Waals surface area contributed by atoms with E-state index in [0.717, 1.165) is 17.7 Å². The highest BCUT2D eigenvalue weighted by molar-refractivity contribution is 5.60. The van der Waals surface area contributed by atoms with Crippen molar-refractivity contribution in [1.82, 2.24) is 4.57 Å². The number of aromatic nitrogens is 1. The summed E-state index contributed by atoms with van der Waals surface area (Å²) < 4.78 is 1.72. The van der Waals surface area contributed by atoms with Crippen LogP contribution in [0.25, 0.3) is 11.3 Å². The summed E-state index contributed by atoms with van der Waals surface area (Å²) in [5.41, 5.74) is 1.87. The molecule has 0 unspecified atom stereocenters. The summed E-state index contributed by atoms with van der Waals surface area (Å²) in [5.74, 6) is 0.510. The van der Waals surface area contributed by atoms with Crippen LogP contribution in [0.2, 0.25) is 0 Å². The highest BCUT2D eigenvalue weighted by Gasteiger charge is 2.10. The third kappa shape index (κ3) is 2.97. The molecule has 0 amide bonds. The number of pyridine rings is 1. The van der Waals surface area contributed by atoms with E-state index < -0.39 is 0 Å². The normalized spacial score (nSPS) is 10.5. The first-order valence-electron chi connectivity index (χ1n) is 6.83. The van der Waals surface area contributed by atoms with Crippen LogP contribution in [-0.2, 0) is 6.54 Å². The molecule has 3 heteroatoms. The van der Waals surface area contributed by atoms with Gasteiger partial charge in [-0.15, -0.1) is 0 Å². The van der Waals surface area contributed by atoms with Gasteiger partial charge < -0.3 is 4.57 Å². The molecule has 0 aliphatic rings. The number of rotatable bonds is 4. The molecule has 0 saturated heterocycles. The van der Waals surface area contributed by atoms with Gasteiger partial charge in [0.2, 0.25) is 0 Å². The smallest absolute Gasteiger partial charge is 0.268 e. The molecule has 0 aliphatic heterocycles. The zero-order valence-corrected chi connectivity index (χ0v) is 11.8. The molecule has 1 heterocycles. The van der Waals surface area contributed by atoms with Crippen LogP contribution in [0.15, 0.2) is 47.3 Å². The van der Waals surface area contributed by atoms with E-state index in [2.05, 4.69) is 13.8 Å². The molecule has 1 aromatic carbocycles. The van der Waals surface area contributed by atoms with Crippen LogP contribution in [0.5, 0.6) is 0 Å². The first-order chi connectivity index (χ1) is 9.63. The van der Waals surface area contributed by atoms with Gasteiger partial charge in [0.1, 0.15) is 11.6 Å². The lowest BCUT2D eigenvalue weighted by Gasteiger charge is -2.14. The van der Waals surface area contributed by atoms with Gasteiger partial charge in [0.15, 0.2) is 0 Å². The predicted octanol–water partition coefficient (Wildman–Crippen LogP) is 3.43. The van der Waals surface area contributed by atoms with Gasteiger partial charge in [0, 0.05) is 6.54 Å². The topological polar surface area (TPSA) is 45.8 Å². The average molecular weight is 266 g/mol. The predicted molar refractivity (Wildman–Crippen MR) is 80.3 cm³/mol. The molecule has 0 atom stereocenters. The van der Waals surface area contributed by atoms with E-state index in [0.29, 0.717) is 12.5 Å². The number of hydrogen-bond donors (Lipinski definition) is 0. The van der Waals surface area contributed by atoms with Gasteiger partial charge in [0.05, 0.1) is 5.69 Å². The summed E-state index contributed by atoms with van der Waals surface area (Å²) in [5, 5.41) is 9.02. The lowest BCUT2D eigenvalue weighted by atomic mass is 10.1. The minimum Gasteiger partial charge on any atom is -0.307 e. The summed E-state index contributed by atoms with van der Waals surface area (Å²) in [4.78, 5) is 12.3. The highest BCUT2D eigenvalue weighted by Crippen LogP contribution is 2.18. The lowest BCUT2D eigenvalue weighted by molar-refractivity contribution is 0.510. The standard InChI is InChI=1S/C17H18N2O/c1-13(2)10-11-19-16(14-6-4-3-5-7-14)9-8-15(12-18)17(19)20/h3-9,13H,10-11H2,1-2H3. The molecule has 3 nitrogen and oxygen atoms in total. The molecule has 102 valence electrons. The highest BCUT2D eigenvalue weighted by atomic mass is 16.1. The van der Waals surface area contributed by atoms with Gasteiger partial charge in [-0.3, -0.25) is 4.79 Å². The van der Waals surface area contributed by atoms with Crippen LogP contribution in [-0.4, -0.2) is 4.57 Å². The van der Waals surface area contributed by atoms with Crippen molar-refractivity contribution in [1.29, 1.82) is 5.26 Å². The molecule has 0 bridgehead atoms. The maximum Gasteiger partial charge on any atom is 0.268 e. The Bertz CT molecular complexity index is 678. The van der Waals surface area contributed by atoms with Gasteiger partial charge >= 0.3 is 0 Å². The van der Waals surface area contributed by atoms with Crippen molar-refractivity contribution < 1.29 is 0 Å². The summed E-state index contributed by atoms with van der Waals surface area (Å²) >= 11 is 0. The van der Waals surface area contributed by atoms with E-state index in [1.54, 1.807) is 10.6 Å². The fraction of sp³-hybridized carbons (Fsp3) is 0.294. The minimum absolute atomic E-state index is 0.200. The minimum atomic E-state index is -0.200. The van der Waals surface area contributed by atoms with Crippen LogP contribution in [0.4, 0.5) is 0 Å². The number of nitriles is 1. The van der Waals surface area contributed by atoms with Crippen molar-refractivity contribution >= 4 is 0 Å².